The molecule has 0 aliphatic carbocycles. The average molecular weight is 389 g/mol. The first-order valence-corrected chi connectivity index (χ1v) is 10.3. The van der Waals surface area contributed by atoms with Gasteiger partial charge in [0.1, 0.15) is 5.75 Å². The number of methoxy groups -OCH3 is 1. The first kappa shape index (κ1) is 20.6. The number of hydrogen-bond acceptors (Lipinski definition) is 5. The van der Waals surface area contributed by atoms with E-state index in [0.717, 1.165) is 70.0 Å². The van der Waals surface area contributed by atoms with Crippen LogP contribution in [0.2, 0.25) is 0 Å². The second-order valence-corrected chi connectivity index (χ2v) is 7.56. The van der Waals surface area contributed by atoms with Gasteiger partial charge < -0.3 is 25.2 Å². The van der Waals surface area contributed by atoms with E-state index in [0.29, 0.717) is 13.0 Å². The van der Waals surface area contributed by atoms with Crippen molar-refractivity contribution in [3.8, 4) is 5.75 Å². The summed E-state index contributed by atoms with van der Waals surface area (Å²) in [6.07, 6.45) is 2.29. The second-order valence-electron chi connectivity index (χ2n) is 7.56. The Balaban J connectivity index is 1.33. The molecule has 0 radical (unpaired) electrons. The molecule has 0 bridgehead atoms. The van der Waals surface area contributed by atoms with Crippen LogP contribution >= 0.6 is 0 Å². The number of likely N-dealkylation sites (tertiary alicyclic amines) is 1. The van der Waals surface area contributed by atoms with Gasteiger partial charge in [-0.15, -0.1) is 0 Å². The third kappa shape index (κ3) is 5.94. The third-order valence-corrected chi connectivity index (χ3v) is 5.70. The van der Waals surface area contributed by atoms with E-state index in [1.54, 1.807) is 7.11 Å². The van der Waals surface area contributed by atoms with E-state index < -0.39 is 0 Å². The fourth-order valence-electron chi connectivity index (χ4n) is 3.82. The molecule has 2 amide bonds. The van der Waals surface area contributed by atoms with E-state index >= 15 is 0 Å². The zero-order chi connectivity index (χ0) is 19.8. The molecule has 2 saturated heterocycles. The van der Waals surface area contributed by atoms with E-state index in [4.69, 9.17) is 4.74 Å². The number of hydrogen-bond donors (Lipinski definition) is 2. The van der Waals surface area contributed by atoms with Crippen LogP contribution in [0.5, 0.6) is 5.75 Å². The van der Waals surface area contributed by atoms with Gasteiger partial charge in [0.2, 0.25) is 11.8 Å². The van der Waals surface area contributed by atoms with Gasteiger partial charge >= 0.3 is 0 Å². The Morgan fingerprint density at radius 3 is 2.43 bits per heavy atom. The average Bonchev–Trinajstić information content (AvgIpc) is 2.77. The number of ether oxygens (including phenoxy) is 1. The molecule has 154 valence electrons. The topological polar surface area (TPSA) is 73.9 Å². The van der Waals surface area contributed by atoms with Crippen molar-refractivity contribution < 1.29 is 14.3 Å². The minimum absolute atomic E-state index is 0.0679. The Morgan fingerprint density at radius 2 is 1.79 bits per heavy atom. The zero-order valence-electron chi connectivity index (χ0n) is 16.8. The Labute approximate surface area is 167 Å². The van der Waals surface area contributed by atoms with Crippen LogP contribution in [0.3, 0.4) is 0 Å². The van der Waals surface area contributed by atoms with Crippen LogP contribution in [0.25, 0.3) is 0 Å². The lowest BCUT2D eigenvalue weighted by atomic mass is 9.95. The number of carbonyl (C=O) groups excluding carboxylic acids is 2. The lowest BCUT2D eigenvalue weighted by Gasteiger charge is -2.32. The smallest absolute Gasteiger partial charge is 0.223 e. The molecule has 0 atom stereocenters. The summed E-state index contributed by atoms with van der Waals surface area (Å²) >= 11 is 0. The monoisotopic (exact) mass is 388 g/mol. The van der Waals surface area contributed by atoms with Crippen LogP contribution in [0.15, 0.2) is 24.3 Å². The molecule has 2 fully saturated rings. The molecule has 7 heteroatoms. The van der Waals surface area contributed by atoms with Crippen LogP contribution in [-0.4, -0.2) is 74.5 Å². The number of amides is 2. The van der Waals surface area contributed by atoms with Crippen molar-refractivity contribution in [3.05, 3.63) is 29.8 Å². The van der Waals surface area contributed by atoms with E-state index in [9.17, 15) is 9.59 Å². The molecule has 1 aromatic carbocycles. The molecule has 0 aromatic heterocycles. The molecule has 1 aromatic rings. The molecule has 3 rings (SSSR count). The Kier molecular flexibility index (Phi) is 7.68. The normalized spacial score (nSPS) is 18.7. The van der Waals surface area contributed by atoms with Gasteiger partial charge in [-0.25, -0.2) is 0 Å². The summed E-state index contributed by atoms with van der Waals surface area (Å²) in [5.74, 6) is 1.27. The lowest BCUT2D eigenvalue weighted by molar-refractivity contribution is -0.132. The molecule has 2 heterocycles. The molecular weight excluding hydrogens is 356 g/mol. The molecule has 0 unspecified atom stereocenters. The fraction of sp³-hybridized carbons (Fsp3) is 0.619. The van der Waals surface area contributed by atoms with Crippen molar-refractivity contribution in [1.82, 2.24) is 20.4 Å². The minimum Gasteiger partial charge on any atom is -0.497 e. The van der Waals surface area contributed by atoms with Gasteiger partial charge in [-0.1, -0.05) is 12.1 Å². The highest BCUT2D eigenvalue weighted by Crippen LogP contribution is 2.18. The Morgan fingerprint density at radius 1 is 1.11 bits per heavy atom. The Hall–Kier alpha value is -2.12. The second kappa shape index (κ2) is 10.4. The molecule has 2 N–H and O–H groups in total. The van der Waals surface area contributed by atoms with Gasteiger partial charge in [0, 0.05) is 51.6 Å². The summed E-state index contributed by atoms with van der Waals surface area (Å²) in [6, 6.07) is 7.75. The number of nitrogens with zero attached hydrogens (tertiary/aromatic N) is 2. The molecular formula is C21H32N4O3. The number of piperidine rings is 1. The minimum atomic E-state index is 0.0679. The van der Waals surface area contributed by atoms with Crippen molar-refractivity contribution >= 4 is 11.8 Å². The lowest BCUT2D eigenvalue weighted by Crippen LogP contribution is -2.47. The number of piperazine rings is 1. The van der Waals surface area contributed by atoms with Gasteiger partial charge in [0.05, 0.1) is 7.11 Å². The molecule has 0 spiro atoms. The fourth-order valence-corrected chi connectivity index (χ4v) is 3.82. The first-order chi connectivity index (χ1) is 13.7. The highest BCUT2D eigenvalue weighted by molar-refractivity contribution is 5.78. The van der Waals surface area contributed by atoms with Gasteiger partial charge in [0.15, 0.2) is 0 Å². The van der Waals surface area contributed by atoms with E-state index in [2.05, 4.69) is 15.5 Å². The van der Waals surface area contributed by atoms with Gasteiger partial charge in [-0.3, -0.25) is 9.59 Å². The molecule has 7 nitrogen and oxygen atoms in total. The van der Waals surface area contributed by atoms with Crippen LogP contribution in [0.1, 0.15) is 24.8 Å². The molecule has 2 aliphatic rings. The standard InChI is InChI=1S/C21H32N4O3/c1-28-19-4-2-17(3-5-19)16-23-21(27)18-6-11-24(12-7-18)13-8-20(26)25-14-9-22-10-15-25/h2-5,18,22H,6-16H2,1H3,(H,23,27). The van der Waals surface area contributed by atoms with Crippen molar-refractivity contribution in [2.45, 2.75) is 25.8 Å². The summed E-state index contributed by atoms with van der Waals surface area (Å²) in [7, 11) is 1.64. The number of rotatable bonds is 7. The summed E-state index contributed by atoms with van der Waals surface area (Å²) in [6.45, 7) is 6.52. The predicted molar refractivity (Wildman–Crippen MR) is 108 cm³/mol. The van der Waals surface area contributed by atoms with Crippen molar-refractivity contribution in [2.75, 3.05) is 52.9 Å². The van der Waals surface area contributed by atoms with Crippen molar-refractivity contribution in [3.63, 3.8) is 0 Å². The maximum Gasteiger partial charge on any atom is 0.223 e. The summed E-state index contributed by atoms with van der Waals surface area (Å²) in [5.41, 5.74) is 1.07. The SMILES string of the molecule is COc1ccc(CNC(=O)C2CCN(CCC(=O)N3CCNCC3)CC2)cc1. The largest absolute Gasteiger partial charge is 0.497 e. The summed E-state index contributed by atoms with van der Waals surface area (Å²) in [5, 5.41) is 6.32. The number of benzene rings is 1. The van der Waals surface area contributed by atoms with Gasteiger partial charge in [-0.05, 0) is 43.6 Å². The quantitative estimate of drug-likeness (QED) is 0.724. The van der Waals surface area contributed by atoms with Crippen LogP contribution < -0.4 is 15.4 Å². The van der Waals surface area contributed by atoms with Gasteiger partial charge in [-0.2, -0.15) is 0 Å². The van der Waals surface area contributed by atoms with E-state index in [1.165, 1.54) is 0 Å². The molecule has 0 saturated carbocycles. The highest BCUT2D eigenvalue weighted by atomic mass is 16.5. The predicted octanol–water partition coefficient (Wildman–Crippen LogP) is 0.845. The highest BCUT2D eigenvalue weighted by Gasteiger charge is 2.25. The summed E-state index contributed by atoms with van der Waals surface area (Å²) in [4.78, 5) is 29.0. The maximum atomic E-state index is 12.5. The summed E-state index contributed by atoms with van der Waals surface area (Å²) < 4.78 is 5.15. The molecule has 2 aliphatic heterocycles. The van der Waals surface area contributed by atoms with Crippen LogP contribution in [-0.2, 0) is 16.1 Å². The maximum absolute atomic E-state index is 12.5. The van der Waals surface area contributed by atoms with Crippen molar-refractivity contribution in [1.29, 1.82) is 0 Å². The van der Waals surface area contributed by atoms with Crippen molar-refractivity contribution in [2.24, 2.45) is 5.92 Å². The van der Waals surface area contributed by atoms with Gasteiger partial charge in [0.25, 0.3) is 0 Å². The van der Waals surface area contributed by atoms with E-state index in [-0.39, 0.29) is 17.7 Å². The Bertz CT molecular complexity index is 636. The van der Waals surface area contributed by atoms with Crippen LogP contribution in [0.4, 0.5) is 0 Å². The van der Waals surface area contributed by atoms with E-state index in [1.807, 2.05) is 29.2 Å². The zero-order valence-corrected chi connectivity index (χ0v) is 16.8. The number of carbonyl (C=O) groups is 2. The third-order valence-electron chi connectivity index (χ3n) is 5.70. The first-order valence-electron chi connectivity index (χ1n) is 10.3. The van der Waals surface area contributed by atoms with Crippen LogP contribution in [0, 0.1) is 5.92 Å². The number of nitrogens with one attached hydrogen (secondary N) is 2. The molecule has 28 heavy (non-hydrogen) atoms.